The first-order chi connectivity index (χ1) is 13.6. The van der Waals surface area contributed by atoms with Gasteiger partial charge in [-0.1, -0.05) is 41.5 Å². The summed E-state index contributed by atoms with van der Waals surface area (Å²) < 4.78 is 14.2. The van der Waals surface area contributed by atoms with E-state index >= 15 is 0 Å². The van der Waals surface area contributed by atoms with E-state index < -0.39 is 32.9 Å². The summed E-state index contributed by atoms with van der Waals surface area (Å²) in [7, 11) is -2.12. The summed E-state index contributed by atoms with van der Waals surface area (Å²) in [4.78, 5) is 12.3. The van der Waals surface area contributed by atoms with Crippen molar-refractivity contribution < 1.29 is 19.4 Å². The van der Waals surface area contributed by atoms with Gasteiger partial charge in [0, 0.05) is 0 Å². The SMILES string of the molecule is CC(C)[Si](OC[C@H]1O[C@@H](n2cnc3c(N)ncnc32)[C@@H](O)[C@H]1O)(C(C)C)C(C)C. The number of ether oxygens (including phenoxy) is 1. The lowest BCUT2D eigenvalue weighted by molar-refractivity contribution is -0.0495. The van der Waals surface area contributed by atoms with Crippen molar-refractivity contribution in [1.29, 1.82) is 0 Å². The molecule has 3 heterocycles. The summed E-state index contributed by atoms with van der Waals surface area (Å²) >= 11 is 0. The molecule has 2 aromatic rings. The monoisotopic (exact) mass is 423 g/mol. The summed E-state index contributed by atoms with van der Waals surface area (Å²) in [5, 5.41) is 21.3. The summed E-state index contributed by atoms with van der Waals surface area (Å²) in [5.41, 5.74) is 7.97. The summed E-state index contributed by atoms with van der Waals surface area (Å²) in [6.45, 7) is 13.5. The topological polar surface area (TPSA) is 129 Å². The summed E-state index contributed by atoms with van der Waals surface area (Å²) in [6, 6.07) is 0. The quantitative estimate of drug-likeness (QED) is 0.578. The molecule has 1 aliphatic rings. The standard InChI is InChI=1S/C19H33N5O4Si/c1-10(2)29(11(3)4,12(5)6)27-7-13-15(25)16(26)19(28-13)24-9-23-14-17(20)21-8-22-18(14)24/h8-13,15-16,19,25-26H,7H2,1-6H3,(H2,20,21,22)/t13-,15+,16+,19-/m1/s1. The fourth-order valence-electron chi connectivity index (χ4n) is 4.88. The second-order valence-corrected chi connectivity index (χ2v) is 14.2. The number of fused-ring (bicyclic) bond motifs is 1. The average Bonchev–Trinajstić information content (AvgIpc) is 3.18. The molecule has 3 rings (SSSR count). The Kier molecular flexibility index (Phi) is 6.30. The number of nitrogens with two attached hydrogens (primary N) is 1. The molecule has 4 atom stereocenters. The van der Waals surface area contributed by atoms with E-state index in [-0.39, 0.29) is 12.4 Å². The fourth-order valence-corrected chi connectivity index (χ4v) is 10.3. The minimum atomic E-state index is -2.12. The molecule has 0 radical (unpaired) electrons. The molecule has 1 saturated heterocycles. The lowest BCUT2D eigenvalue weighted by Crippen LogP contribution is -2.50. The molecule has 0 aromatic carbocycles. The first-order valence-electron chi connectivity index (χ1n) is 10.2. The third kappa shape index (κ3) is 3.68. The van der Waals surface area contributed by atoms with Crippen LogP contribution in [0.4, 0.5) is 5.82 Å². The van der Waals surface area contributed by atoms with Crippen molar-refractivity contribution >= 4 is 25.3 Å². The van der Waals surface area contributed by atoms with E-state index in [2.05, 4.69) is 56.5 Å². The van der Waals surface area contributed by atoms with Crippen LogP contribution in [0.2, 0.25) is 16.6 Å². The molecule has 0 spiro atoms. The van der Waals surface area contributed by atoms with Gasteiger partial charge in [-0.3, -0.25) is 4.57 Å². The Bertz CT molecular complexity index is 821. The van der Waals surface area contributed by atoms with Crippen LogP contribution < -0.4 is 5.73 Å². The van der Waals surface area contributed by atoms with Crippen LogP contribution in [0.3, 0.4) is 0 Å². The lowest BCUT2D eigenvalue weighted by Gasteiger charge is -2.42. The second-order valence-electron chi connectivity index (χ2n) is 8.76. The zero-order valence-electron chi connectivity index (χ0n) is 18.0. The molecule has 0 saturated carbocycles. The van der Waals surface area contributed by atoms with Gasteiger partial charge in [0.2, 0.25) is 0 Å². The molecule has 0 aliphatic carbocycles. The van der Waals surface area contributed by atoms with Crippen LogP contribution in [0, 0.1) is 0 Å². The molecule has 0 bridgehead atoms. The largest absolute Gasteiger partial charge is 0.413 e. The molecule has 1 fully saturated rings. The third-order valence-electron chi connectivity index (χ3n) is 6.20. The number of aromatic nitrogens is 4. The van der Waals surface area contributed by atoms with Gasteiger partial charge in [0.15, 0.2) is 26.0 Å². The fraction of sp³-hybridized carbons (Fsp3) is 0.737. The molecule has 0 amide bonds. The Morgan fingerprint density at radius 3 is 2.28 bits per heavy atom. The van der Waals surface area contributed by atoms with Crippen molar-refractivity contribution in [2.45, 2.75) is 82.7 Å². The highest BCUT2D eigenvalue weighted by Gasteiger charge is 2.49. The maximum Gasteiger partial charge on any atom is 0.200 e. The molecule has 10 heteroatoms. The van der Waals surface area contributed by atoms with E-state index in [9.17, 15) is 10.2 Å². The first kappa shape index (κ1) is 22.1. The van der Waals surface area contributed by atoms with Crippen LogP contribution >= 0.6 is 0 Å². The molecule has 2 aromatic heterocycles. The van der Waals surface area contributed by atoms with Gasteiger partial charge in [0.25, 0.3) is 0 Å². The Hall–Kier alpha value is -1.59. The predicted molar refractivity (Wildman–Crippen MR) is 113 cm³/mol. The number of imidazole rings is 1. The van der Waals surface area contributed by atoms with Crippen LogP contribution in [0.5, 0.6) is 0 Å². The maximum absolute atomic E-state index is 10.6. The van der Waals surface area contributed by atoms with Gasteiger partial charge < -0.3 is 25.1 Å². The van der Waals surface area contributed by atoms with Crippen molar-refractivity contribution in [3.63, 3.8) is 0 Å². The number of nitrogen functional groups attached to an aromatic ring is 1. The molecule has 0 unspecified atom stereocenters. The van der Waals surface area contributed by atoms with Crippen molar-refractivity contribution in [3.8, 4) is 0 Å². The maximum atomic E-state index is 10.6. The molecular formula is C19H33N5O4Si. The minimum absolute atomic E-state index is 0.235. The highest BCUT2D eigenvalue weighted by Crippen LogP contribution is 2.43. The van der Waals surface area contributed by atoms with E-state index in [4.69, 9.17) is 14.9 Å². The van der Waals surface area contributed by atoms with E-state index in [0.717, 1.165) is 0 Å². The molecule has 29 heavy (non-hydrogen) atoms. The number of hydrogen-bond acceptors (Lipinski definition) is 8. The van der Waals surface area contributed by atoms with Crippen LogP contribution in [-0.2, 0) is 9.16 Å². The number of aliphatic hydroxyl groups is 2. The Morgan fingerprint density at radius 2 is 1.69 bits per heavy atom. The molecule has 9 nitrogen and oxygen atoms in total. The highest BCUT2D eigenvalue weighted by atomic mass is 28.4. The van der Waals surface area contributed by atoms with Crippen molar-refractivity contribution in [3.05, 3.63) is 12.7 Å². The van der Waals surface area contributed by atoms with Gasteiger partial charge in [-0.15, -0.1) is 0 Å². The van der Waals surface area contributed by atoms with Crippen LogP contribution in [0.15, 0.2) is 12.7 Å². The van der Waals surface area contributed by atoms with Gasteiger partial charge in [0.05, 0.1) is 12.9 Å². The van der Waals surface area contributed by atoms with E-state index in [1.807, 2.05) is 0 Å². The first-order valence-corrected chi connectivity index (χ1v) is 12.3. The van der Waals surface area contributed by atoms with Crippen LogP contribution in [-0.4, -0.2) is 63.0 Å². The van der Waals surface area contributed by atoms with E-state index in [1.165, 1.54) is 12.7 Å². The van der Waals surface area contributed by atoms with Crippen molar-refractivity contribution in [1.82, 2.24) is 19.5 Å². The Morgan fingerprint density at radius 1 is 1.07 bits per heavy atom. The molecule has 4 N–H and O–H groups in total. The Labute approximate surface area is 172 Å². The molecular weight excluding hydrogens is 390 g/mol. The number of nitrogens with zero attached hydrogens (tertiary/aromatic N) is 4. The molecule has 162 valence electrons. The zero-order chi connectivity index (χ0) is 21.5. The number of anilines is 1. The van der Waals surface area contributed by atoms with E-state index in [1.54, 1.807) is 4.57 Å². The van der Waals surface area contributed by atoms with Gasteiger partial charge >= 0.3 is 0 Å². The third-order valence-corrected chi connectivity index (χ3v) is 12.3. The summed E-state index contributed by atoms with van der Waals surface area (Å²) in [5.74, 6) is 0.253. The lowest BCUT2D eigenvalue weighted by atomic mass is 10.1. The van der Waals surface area contributed by atoms with Crippen molar-refractivity contribution in [2.75, 3.05) is 12.3 Å². The van der Waals surface area contributed by atoms with Gasteiger partial charge in [-0.25, -0.2) is 15.0 Å². The number of aliphatic hydroxyl groups excluding tert-OH is 2. The van der Waals surface area contributed by atoms with Gasteiger partial charge in [-0.2, -0.15) is 0 Å². The van der Waals surface area contributed by atoms with E-state index in [0.29, 0.717) is 27.8 Å². The minimum Gasteiger partial charge on any atom is -0.413 e. The van der Waals surface area contributed by atoms with Gasteiger partial charge in [0.1, 0.15) is 30.2 Å². The highest BCUT2D eigenvalue weighted by molar-refractivity contribution is 6.77. The Balaban J connectivity index is 1.81. The molecule has 1 aliphatic heterocycles. The zero-order valence-corrected chi connectivity index (χ0v) is 19.0. The van der Waals surface area contributed by atoms with Crippen molar-refractivity contribution in [2.24, 2.45) is 0 Å². The summed E-state index contributed by atoms with van der Waals surface area (Å²) in [6.07, 6.45) is -0.849. The number of hydrogen-bond donors (Lipinski definition) is 3. The van der Waals surface area contributed by atoms with Gasteiger partial charge in [-0.05, 0) is 16.6 Å². The van der Waals surface area contributed by atoms with Crippen LogP contribution in [0.1, 0.15) is 47.8 Å². The predicted octanol–water partition coefficient (Wildman–Crippen LogP) is 2.22. The van der Waals surface area contributed by atoms with Crippen LogP contribution in [0.25, 0.3) is 11.2 Å². The second kappa shape index (κ2) is 8.27. The smallest absolute Gasteiger partial charge is 0.200 e. The number of rotatable bonds is 7. The average molecular weight is 424 g/mol. The normalized spacial score (nSPS) is 25.8.